The van der Waals surface area contributed by atoms with Gasteiger partial charge in [-0.05, 0) is 45.3 Å². The topological polar surface area (TPSA) is 15.3 Å². The molecule has 1 N–H and O–H groups in total. The first-order valence-electron chi connectivity index (χ1n) is 7.63. The fourth-order valence-electron chi connectivity index (χ4n) is 2.98. The van der Waals surface area contributed by atoms with Gasteiger partial charge in [0, 0.05) is 18.6 Å². The third-order valence-corrected chi connectivity index (χ3v) is 4.55. The third-order valence-electron chi connectivity index (χ3n) is 4.55. The van der Waals surface area contributed by atoms with Gasteiger partial charge in [0.2, 0.25) is 0 Å². The van der Waals surface area contributed by atoms with Crippen LogP contribution in [0.5, 0.6) is 0 Å². The van der Waals surface area contributed by atoms with Gasteiger partial charge < -0.3 is 10.2 Å². The summed E-state index contributed by atoms with van der Waals surface area (Å²) in [5.74, 6) is 0.698. The lowest BCUT2D eigenvalue weighted by Crippen LogP contribution is -2.44. The first-order chi connectivity index (χ1) is 9.18. The van der Waals surface area contributed by atoms with Crippen LogP contribution in [-0.2, 0) is 0 Å². The summed E-state index contributed by atoms with van der Waals surface area (Å²) >= 11 is 0. The van der Waals surface area contributed by atoms with E-state index in [4.69, 9.17) is 0 Å². The van der Waals surface area contributed by atoms with Crippen molar-refractivity contribution in [3.63, 3.8) is 0 Å². The molecule has 1 saturated carbocycles. The maximum absolute atomic E-state index is 3.81. The van der Waals surface area contributed by atoms with Crippen LogP contribution in [0.4, 0.5) is 0 Å². The smallest absolute Gasteiger partial charge is 0.0186 e. The van der Waals surface area contributed by atoms with E-state index in [0.717, 1.165) is 6.54 Å². The summed E-state index contributed by atoms with van der Waals surface area (Å²) in [7, 11) is 4.31. The number of hydrogen-bond acceptors (Lipinski definition) is 2. The van der Waals surface area contributed by atoms with Gasteiger partial charge in [-0.15, -0.1) is 0 Å². The van der Waals surface area contributed by atoms with Gasteiger partial charge in [-0.3, -0.25) is 0 Å². The number of likely N-dealkylation sites (N-methyl/N-ethyl adjacent to an activating group) is 1. The highest BCUT2D eigenvalue weighted by atomic mass is 15.1. The molecular formula is C17H28N2. The zero-order chi connectivity index (χ0) is 13.7. The summed E-state index contributed by atoms with van der Waals surface area (Å²) in [6.45, 7) is 3.37. The van der Waals surface area contributed by atoms with E-state index in [1.807, 2.05) is 0 Å². The van der Waals surface area contributed by atoms with E-state index in [0.29, 0.717) is 18.0 Å². The maximum atomic E-state index is 3.81. The van der Waals surface area contributed by atoms with Gasteiger partial charge in [-0.1, -0.05) is 43.2 Å². The standard InChI is InChI=1S/C17H28N2/c1-14(19(2)3)13-18-17-12-8-7-11-16(17)15-9-5-4-6-10-15/h4-6,9-10,14,16-18H,7-8,11-13H2,1-3H3. The molecule has 106 valence electrons. The van der Waals surface area contributed by atoms with Crippen molar-refractivity contribution in [2.45, 2.75) is 50.6 Å². The van der Waals surface area contributed by atoms with Crippen LogP contribution in [0.1, 0.15) is 44.1 Å². The molecule has 1 aliphatic rings. The second-order valence-corrected chi connectivity index (χ2v) is 6.13. The first kappa shape index (κ1) is 14.5. The Balaban J connectivity index is 1.97. The molecule has 19 heavy (non-hydrogen) atoms. The average molecular weight is 260 g/mol. The third kappa shape index (κ3) is 4.05. The normalized spacial score (nSPS) is 25.5. The summed E-state index contributed by atoms with van der Waals surface area (Å²) < 4.78 is 0. The Morgan fingerprint density at radius 1 is 1.16 bits per heavy atom. The lowest BCUT2D eigenvalue weighted by molar-refractivity contribution is 0.264. The summed E-state index contributed by atoms with van der Waals surface area (Å²) in [6.07, 6.45) is 5.40. The highest BCUT2D eigenvalue weighted by Gasteiger charge is 2.26. The summed E-state index contributed by atoms with van der Waals surface area (Å²) in [5.41, 5.74) is 1.51. The van der Waals surface area contributed by atoms with Crippen LogP contribution < -0.4 is 5.32 Å². The fourth-order valence-corrected chi connectivity index (χ4v) is 2.98. The molecule has 1 aromatic rings. The van der Waals surface area contributed by atoms with Crippen LogP contribution in [0.15, 0.2) is 30.3 Å². The van der Waals surface area contributed by atoms with E-state index in [-0.39, 0.29) is 0 Å². The van der Waals surface area contributed by atoms with Crippen LogP contribution in [0.25, 0.3) is 0 Å². The highest BCUT2D eigenvalue weighted by molar-refractivity contribution is 5.22. The maximum Gasteiger partial charge on any atom is 0.0186 e. The first-order valence-corrected chi connectivity index (χ1v) is 7.63. The minimum Gasteiger partial charge on any atom is -0.312 e. The monoisotopic (exact) mass is 260 g/mol. The second-order valence-electron chi connectivity index (χ2n) is 6.13. The van der Waals surface area contributed by atoms with Gasteiger partial charge in [0.1, 0.15) is 0 Å². The van der Waals surface area contributed by atoms with Crippen molar-refractivity contribution in [3.05, 3.63) is 35.9 Å². The summed E-state index contributed by atoms with van der Waals surface area (Å²) in [5, 5.41) is 3.81. The SMILES string of the molecule is CC(CNC1CCCCC1c1ccccc1)N(C)C. The predicted molar refractivity (Wildman–Crippen MR) is 82.6 cm³/mol. The van der Waals surface area contributed by atoms with E-state index in [9.17, 15) is 0 Å². The molecule has 0 aromatic heterocycles. The number of rotatable bonds is 5. The van der Waals surface area contributed by atoms with Gasteiger partial charge in [0.15, 0.2) is 0 Å². The molecule has 1 aliphatic carbocycles. The quantitative estimate of drug-likeness (QED) is 0.874. The van der Waals surface area contributed by atoms with Crippen molar-refractivity contribution in [3.8, 4) is 0 Å². The lowest BCUT2D eigenvalue weighted by Gasteiger charge is -2.34. The molecule has 1 aromatic carbocycles. The summed E-state index contributed by atoms with van der Waals surface area (Å²) in [4.78, 5) is 2.29. The Morgan fingerprint density at radius 2 is 1.84 bits per heavy atom. The van der Waals surface area contributed by atoms with Crippen molar-refractivity contribution in [2.75, 3.05) is 20.6 Å². The molecule has 1 fully saturated rings. The van der Waals surface area contributed by atoms with Crippen LogP contribution in [0.3, 0.4) is 0 Å². The van der Waals surface area contributed by atoms with Crippen molar-refractivity contribution in [2.24, 2.45) is 0 Å². The van der Waals surface area contributed by atoms with Gasteiger partial charge >= 0.3 is 0 Å². The molecule has 2 rings (SSSR count). The van der Waals surface area contributed by atoms with Crippen LogP contribution in [0, 0.1) is 0 Å². The van der Waals surface area contributed by atoms with E-state index in [2.05, 4.69) is 61.6 Å². The molecule has 0 bridgehead atoms. The fraction of sp³-hybridized carbons (Fsp3) is 0.647. The second kappa shape index (κ2) is 7.06. The predicted octanol–water partition coefficient (Wildman–Crippen LogP) is 3.25. The molecule has 3 unspecified atom stereocenters. The van der Waals surface area contributed by atoms with Gasteiger partial charge in [0.25, 0.3) is 0 Å². The molecule has 0 heterocycles. The van der Waals surface area contributed by atoms with Gasteiger partial charge in [0.05, 0.1) is 0 Å². The minimum absolute atomic E-state index is 0.596. The number of nitrogens with one attached hydrogen (secondary N) is 1. The lowest BCUT2D eigenvalue weighted by atomic mass is 9.80. The Morgan fingerprint density at radius 3 is 2.53 bits per heavy atom. The zero-order valence-corrected chi connectivity index (χ0v) is 12.6. The van der Waals surface area contributed by atoms with Crippen molar-refractivity contribution in [1.29, 1.82) is 0 Å². The zero-order valence-electron chi connectivity index (χ0n) is 12.6. The van der Waals surface area contributed by atoms with E-state index in [1.54, 1.807) is 0 Å². The number of nitrogens with zero attached hydrogens (tertiary/aromatic N) is 1. The van der Waals surface area contributed by atoms with Crippen molar-refractivity contribution in [1.82, 2.24) is 10.2 Å². The van der Waals surface area contributed by atoms with E-state index >= 15 is 0 Å². The van der Waals surface area contributed by atoms with E-state index < -0.39 is 0 Å². The molecule has 2 heteroatoms. The van der Waals surface area contributed by atoms with Gasteiger partial charge in [-0.25, -0.2) is 0 Å². The average Bonchev–Trinajstić information content (AvgIpc) is 2.46. The van der Waals surface area contributed by atoms with Crippen molar-refractivity contribution >= 4 is 0 Å². The summed E-state index contributed by atoms with van der Waals surface area (Å²) in [6, 6.07) is 12.3. The highest BCUT2D eigenvalue weighted by Crippen LogP contribution is 2.32. The molecule has 3 atom stereocenters. The molecule has 0 aliphatic heterocycles. The molecule has 0 radical (unpaired) electrons. The van der Waals surface area contributed by atoms with Crippen molar-refractivity contribution < 1.29 is 0 Å². The Bertz CT molecular complexity index is 361. The largest absolute Gasteiger partial charge is 0.312 e. The van der Waals surface area contributed by atoms with Gasteiger partial charge in [-0.2, -0.15) is 0 Å². The number of benzene rings is 1. The molecular weight excluding hydrogens is 232 g/mol. The molecule has 0 saturated heterocycles. The Labute approximate surface area is 118 Å². The molecule has 0 amide bonds. The molecule has 2 nitrogen and oxygen atoms in total. The Kier molecular flexibility index (Phi) is 5.41. The Hall–Kier alpha value is -0.860. The van der Waals surface area contributed by atoms with Crippen LogP contribution in [0.2, 0.25) is 0 Å². The van der Waals surface area contributed by atoms with Crippen LogP contribution in [-0.4, -0.2) is 37.6 Å². The minimum atomic E-state index is 0.596. The van der Waals surface area contributed by atoms with Crippen LogP contribution >= 0.6 is 0 Å². The molecule has 0 spiro atoms. The number of hydrogen-bond donors (Lipinski definition) is 1. The van der Waals surface area contributed by atoms with E-state index in [1.165, 1.54) is 31.2 Å².